The van der Waals surface area contributed by atoms with Crippen molar-refractivity contribution in [3.05, 3.63) is 35.4 Å². The SMILES string of the molecule is CSC(c1cc(O)c(S(=O)(=O)O)cc1O)c1cc(O)c(S(=O)(=O)O)cc1O. The molecule has 0 amide bonds. The summed E-state index contributed by atoms with van der Waals surface area (Å²) in [7, 11) is -9.61. The molecule has 2 rings (SSSR count). The highest BCUT2D eigenvalue weighted by atomic mass is 32.2. The molecule has 0 heterocycles. The third kappa shape index (κ3) is 4.22. The van der Waals surface area contributed by atoms with Gasteiger partial charge in [-0.05, 0) is 18.4 Å². The molecule has 148 valence electrons. The predicted octanol–water partition coefficient (Wildman–Crippen LogP) is 1.45. The van der Waals surface area contributed by atoms with E-state index in [9.17, 15) is 37.3 Å². The van der Waals surface area contributed by atoms with Crippen LogP contribution >= 0.6 is 11.8 Å². The zero-order chi connectivity index (χ0) is 20.7. The first-order valence-corrected chi connectivity index (χ1v) is 11.0. The van der Waals surface area contributed by atoms with E-state index in [4.69, 9.17) is 9.11 Å². The molecule has 0 bridgehead atoms. The van der Waals surface area contributed by atoms with Crippen LogP contribution in [-0.4, -0.2) is 52.6 Å². The first kappa shape index (κ1) is 21.1. The Labute approximate surface area is 158 Å². The van der Waals surface area contributed by atoms with E-state index in [1.54, 1.807) is 0 Å². The van der Waals surface area contributed by atoms with E-state index in [-0.39, 0.29) is 11.1 Å². The second-order valence-corrected chi connectivity index (χ2v) is 9.05. The highest BCUT2D eigenvalue weighted by Crippen LogP contribution is 2.46. The Balaban J connectivity index is 2.69. The zero-order valence-electron chi connectivity index (χ0n) is 13.4. The Morgan fingerprint density at radius 2 is 1.04 bits per heavy atom. The van der Waals surface area contributed by atoms with Crippen LogP contribution in [0.15, 0.2) is 34.1 Å². The molecule has 0 atom stereocenters. The molecule has 0 aromatic heterocycles. The van der Waals surface area contributed by atoms with Crippen LogP contribution in [0.25, 0.3) is 0 Å². The van der Waals surface area contributed by atoms with Crippen LogP contribution in [0, 0.1) is 0 Å². The van der Waals surface area contributed by atoms with E-state index >= 15 is 0 Å². The van der Waals surface area contributed by atoms with Crippen molar-refractivity contribution in [3.8, 4) is 23.0 Å². The van der Waals surface area contributed by atoms with Crippen molar-refractivity contribution in [1.29, 1.82) is 0 Å². The fourth-order valence-electron chi connectivity index (χ4n) is 2.40. The molecule has 0 aliphatic heterocycles. The van der Waals surface area contributed by atoms with Crippen molar-refractivity contribution in [1.82, 2.24) is 0 Å². The summed E-state index contributed by atoms with van der Waals surface area (Å²) >= 11 is 0.982. The quantitative estimate of drug-likeness (QED) is 0.293. The first-order valence-electron chi connectivity index (χ1n) is 6.87. The second kappa shape index (κ2) is 7.09. The van der Waals surface area contributed by atoms with Crippen LogP contribution in [0.3, 0.4) is 0 Å². The summed E-state index contributed by atoms with van der Waals surface area (Å²) in [6.45, 7) is 0. The van der Waals surface area contributed by atoms with Gasteiger partial charge in [0.15, 0.2) is 0 Å². The highest BCUT2D eigenvalue weighted by molar-refractivity contribution is 7.99. The molecule has 0 fully saturated rings. The Morgan fingerprint density at radius 1 is 0.704 bits per heavy atom. The van der Waals surface area contributed by atoms with E-state index in [1.165, 1.54) is 6.26 Å². The lowest BCUT2D eigenvalue weighted by Gasteiger charge is -2.20. The van der Waals surface area contributed by atoms with Crippen LogP contribution in [-0.2, 0) is 20.2 Å². The maximum Gasteiger partial charge on any atom is 0.298 e. The molecule has 6 N–H and O–H groups in total. The van der Waals surface area contributed by atoms with Gasteiger partial charge in [-0.25, -0.2) is 0 Å². The van der Waals surface area contributed by atoms with Crippen LogP contribution < -0.4 is 0 Å². The minimum Gasteiger partial charge on any atom is -0.508 e. The van der Waals surface area contributed by atoms with Crippen LogP contribution in [0.2, 0.25) is 0 Å². The van der Waals surface area contributed by atoms with Gasteiger partial charge >= 0.3 is 0 Å². The van der Waals surface area contributed by atoms with Gasteiger partial charge in [-0.15, -0.1) is 0 Å². The van der Waals surface area contributed by atoms with Gasteiger partial charge in [-0.1, -0.05) is 0 Å². The molecule has 0 saturated heterocycles. The molecule has 27 heavy (non-hydrogen) atoms. The Hall–Kier alpha value is -2.19. The summed E-state index contributed by atoms with van der Waals surface area (Å²) in [6.07, 6.45) is 1.52. The number of thioether (sulfide) groups is 1. The van der Waals surface area contributed by atoms with E-state index in [0.717, 1.165) is 23.9 Å². The second-order valence-electron chi connectivity index (χ2n) is 5.32. The lowest BCUT2D eigenvalue weighted by atomic mass is 10.0. The van der Waals surface area contributed by atoms with Crippen LogP contribution in [0.1, 0.15) is 16.4 Å². The monoisotopic (exact) mass is 438 g/mol. The van der Waals surface area contributed by atoms with Gasteiger partial charge in [0, 0.05) is 23.3 Å². The van der Waals surface area contributed by atoms with Gasteiger partial charge in [-0.3, -0.25) is 9.11 Å². The third-order valence-electron chi connectivity index (χ3n) is 3.57. The summed E-state index contributed by atoms with van der Waals surface area (Å²) in [4.78, 5) is -1.87. The van der Waals surface area contributed by atoms with E-state index in [0.29, 0.717) is 12.1 Å². The van der Waals surface area contributed by atoms with Gasteiger partial charge < -0.3 is 20.4 Å². The standard InChI is InChI=1S/C14H14O10S3/c1-25-14(6-2-10(17)12(4-8(6)15)26(19,20)21)7-3-11(18)13(5-9(7)16)27(22,23)24/h2-5,14-18H,1H3,(H,19,20,21)(H,22,23,24). The van der Waals surface area contributed by atoms with Gasteiger partial charge in [0.2, 0.25) is 0 Å². The molecule has 2 aromatic carbocycles. The largest absolute Gasteiger partial charge is 0.508 e. The summed E-state index contributed by atoms with van der Waals surface area (Å²) < 4.78 is 62.8. The van der Waals surface area contributed by atoms with E-state index in [2.05, 4.69) is 0 Å². The number of rotatable bonds is 5. The van der Waals surface area contributed by atoms with Crippen molar-refractivity contribution >= 4 is 32.0 Å². The van der Waals surface area contributed by atoms with Gasteiger partial charge in [-0.2, -0.15) is 28.6 Å². The summed E-state index contributed by atoms with van der Waals surface area (Å²) in [5.74, 6) is -3.06. The molecule has 0 unspecified atom stereocenters. The Bertz CT molecular complexity index is 1020. The van der Waals surface area contributed by atoms with Crippen molar-refractivity contribution in [2.75, 3.05) is 6.26 Å². The maximum atomic E-state index is 11.2. The third-order valence-corrected chi connectivity index (χ3v) is 6.32. The topological polar surface area (TPSA) is 190 Å². The molecule has 2 aromatic rings. The van der Waals surface area contributed by atoms with Crippen LogP contribution in [0.4, 0.5) is 0 Å². The van der Waals surface area contributed by atoms with Gasteiger partial charge in [0.05, 0.1) is 5.25 Å². The number of hydrogen-bond acceptors (Lipinski definition) is 9. The smallest absolute Gasteiger partial charge is 0.298 e. The summed E-state index contributed by atoms with van der Waals surface area (Å²) in [5.41, 5.74) is -0.191. The summed E-state index contributed by atoms with van der Waals surface area (Å²) in [5, 5.41) is 38.9. The molecule has 0 spiro atoms. The minimum atomic E-state index is -4.81. The molecule has 10 nitrogen and oxygen atoms in total. The van der Waals surface area contributed by atoms with E-state index in [1.807, 2.05) is 0 Å². The molecule has 0 radical (unpaired) electrons. The Morgan fingerprint density at radius 3 is 1.30 bits per heavy atom. The van der Waals surface area contributed by atoms with Gasteiger partial charge in [0.25, 0.3) is 20.2 Å². The highest BCUT2D eigenvalue weighted by Gasteiger charge is 2.27. The number of phenols is 4. The fraction of sp³-hybridized carbons (Fsp3) is 0.143. The van der Waals surface area contributed by atoms with Crippen molar-refractivity contribution in [2.45, 2.75) is 15.0 Å². The average molecular weight is 438 g/mol. The molecule has 13 heteroatoms. The molecule has 0 aliphatic carbocycles. The number of benzene rings is 2. The predicted molar refractivity (Wildman–Crippen MR) is 94.5 cm³/mol. The van der Waals surface area contributed by atoms with Crippen molar-refractivity contribution in [2.24, 2.45) is 0 Å². The van der Waals surface area contributed by atoms with Crippen LogP contribution in [0.5, 0.6) is 23.0 Å². The molecule has 0 saturated carbocycles. The van der Waals surface area contributed by atoms with Crippen molar-refractivity contribution in [3.63, 3.8) is 0 Å². The molecular formula is C14H14O10S3. The minimum absolute atomic E-state index is 0.0956. The number of aromatic hydroxyl groups is 4. The first-order chi connectivity index (χ1) is 12.3. The van der Waals surface area contributed by atoms with Gasteiger partial charge in [0.1, 0.15) is 32.8 Å². The molecule has 0 aliphatic rings. The molecular weight excluding hydrogens is 424 g/mol. The summed E-state index contributed by atoms with van der Waals surface area (Å²) in [6, 6.07) is 2.89. The lowest BCUT2D eigenvalue weighted by Crippen LogP contribution is -2.04. The number of hydrogen-bond donors (Lipinski definition) is 6. The van der Waals surface area contributed by atoms with Crippen molar-refractivity contribution < 1.29 is 46.4 Å². The zero-order valence-corrected chi connectivity index (χ0v) is 15.9. The normalized spacial score (nSPS) is 12.4. The fourth-order valence-corrected chi connectivity index (χ4v) is 4.46. The number of phenolic OH excluding ortho intramolecular Hbond substituents is 4. The van der Waals surface area contributed by atoms with E-state index < -0.39 is 58.3 Å². The average Bonchev–Trinajstić information content (AvgIpc) is 2.51. The lowest BCUT2D eigenvalue weighted by molar-refractivity contribution is 0.426. The Kier molecular flexibility index (Phi) is 5.54. The maximum absolute atomic E-state index is 11.2.